The van der Waals surface area contributed by atoms with Gasteiger partial charge >= 0.3 is 6.03 Å². The Balaban J connectivity index is 2.11. The second-order valence-corrected chi connectivity index (χ2v) is 5.37. The second kappa shape index (κ2) is 6.35. The van der Waals surface area contributed by atoms with Crippen LogP contribution in [0, 0.1) is 6.92 Å². The molecule has 104 valence electrons. The number of carbonyl (C=O) groups excluding carboxylic acids is 1. The molecule has 0 heterocycles. The maximum absolute atomic E-state index is 11.9. The van der Waals surface area contributed by atoms with E-state index in [-0.39, 0.29) is 0 Å². The van der Waals surface area contributed by atoms with Gasteiger partial charge in [-0.1, -0.05) is 40.9 Å². The molecule has 2 N–H and O–H groups in total. The SMILES string of the molecule is Cc1c(Cl)cccc1NC(=O)Nc1ccc(Cl)cc1Cl. The van der Waals surface area contributed by atoms with Crippen molar-refractivity contribution in [1.82, 2.24) is 0 Å². The zero-order valence-corrected chi connectivity index (χ0v) is 12.8. The number of halogens is 3. The number of nitrogens with one attached hydrogen (secondary N) is 2. The summed E-state index contributed by atoms with van der Waals surface area (Å²) in [7, 11) is 0. The summed E-state index contributed by atoms with van der Waals surface area (Å²) >= 11 is 17.8. The molecule has 2 amide bonds. The van der Waals surface area contributed by atoms with E-state index in [1.54, 1.807) is 36.4 Å². The Hall–Kier alpha value is -1.42. The van der Waals surface area contributed by atoms with Crippen molar-refractivity contribution in [2.45, 2.75) is 6.92 Å². The molecule has 0 unspecified atom stereocenters. The average Bonchev–Trinajstić information content (AvgIpc) is 2.38. The molecule has 0 fully saturated rings. The highest BCUT2D eigenvalue weighted by Gasteiger charge is 2.09. The molecule has 0 aromatic heterocycles. The first-order valence-electron chi connectivity index (χ1n) is 5.75. The average molecular weight is 330 g/mol. The van der Waals surface area contributed by atoms with E-state index in [4.69, 9.17) is 34.8 Å². The van der Waals surface area contributed by atoms with Crippen LogP contribution in [0.5, 0.6) is 0 Å². The van der Waals surface area contributed by atoms with Crippen molar-refractivity contribution in [3.63, 3.8) is 0 Å². The van der Waals surface area contributed by atoms with Crippen LogP contribution in [0.15, 0.2) is 36.4 Å². The highest BCUT2D eigenvalue weighted by molar-refractivity contribution is 6.36. The molecule has 0 aliphatic heterocycles. The summed E-state index contributed by atoms with van der Waals surface area (Å²) in [5, 5.41) is 6.83. The molecule has 20 heavy (non-hydrogen) atoms. The Morgan fingerprint density at radius 2 is 1.65 bits per heavy atom. The summed E-state index contributed by atoms with van der Waals surface area (Å²) in [6, 6.07) is 9.73. The Bertz CT molecular complexity index is 659. The van der Waals surface area contributed by atoms with E-state index in [2.05, 4.69) is 10.6 Å². The third kappa shape index (κ3) is 3.57. The van der Waals surface area contributed by atoms with Crippen LogP contribution in [0.3, 0.4) is 0 Å². The van der Waals surface area contributed by atoms with Gasteiger partial charge in [-0.3, -0.25) is 0 Å². The molecule has 0 spiro atoms. The van der Waals surface area contributed by atoms with Crippen molar-refractivity contribution in [2.24, 2.45) is 0 Å². The maximum Gasteiger partial charge on any atom is 0.323 e. The summed E-state index contributed by atoms with van der Waals surface area (Å²) in [6.45, 7) is 1.83. The molecule has 0 atom stereocenters. The van der Waals surface area contributed by atoms with Crippen molar-refractivity contribution in [3.05, 3.63) is 57.0 Å². The van der Waals surface area contributed by atoms with E-state index in [0.717, 1.165) is 5.56 Å². The molecule has 0 saturated heterocycles. The lowest BCUT2D eigenvalue weighted by molar-refractivity contribution is 0.262. The number of rotatable bonds is 2. The van der Waals surface area contributed by atoms with Crippen molar-refractivity contribution >= 4 is 52.2 Å². The quantitative estimate of drug-likeness (QED) is 0.740. The molecular weight excluding hydrogens is 319 g/mol. The van der Waals surface area contributed by atoms with Crippen molar-refractivity contribution in [2.75, 3.05) is 10.6 Å². The number of anilines is 2. The number of urea groups is 1. The first-order chi connectivity index (χ1) is 9.47. The number of amides is 2. The zero-order valence-electron chi connectivity index (χ0n) is 10.5. The minimum atomic E-state index is -0.403. The van der Waals surface area contributed by atoms with Gasteiger partial charge in [-0.2, -0.15) is 0 Å². The van der Waals surface area contributed by atoms with Crippen LogP contribution < -0.4 is 10.6 Å². The number of benzene rings is 2. The van der Waals surface area contributed by atoms with Gasteiger partial charge in [0.2, 0.25) is 0 Å². The summed E-state index contributed by atoms with van der Waals surface area (Å²) in [5.74, 6) is 0. The summed E-state index contributed by atoms with van der Waals surface area (Å²) in [6.07, 6.45) is 0. The molecule has 0 radical (unpaired) electrons. The Morgan fingerprint density at radius 1 is 0.950 bits per heavy atom. The molecule has 2 aromatic carbocycles. The Kier molecular flexibility index (Phi) is 4.76. The molecule has 0 saturated carbocycles. The van der Waals surface area contributed by atoms with Gasteiger partial charge in [-0.25, -0.2) is 4.79 Å². The first kappa shape index (κ1) is 15.0. The predicted molar refractivity (Wildman–Crippen MR) is 85.3 cm³/mol. The van der Waals surface area contributed by atoms with Crippen molar-refractivity contribution in [1.29, 1.82) is 0 Å². The number of hydrogen-bond donors (Lipinski definition) is 2. The van der Waals surface area contributed by atoms with Gasteiger partial charge in [0.25, 0.3) is 0 Å². The van der Waals surface area contributed by atoms with E-state index in [0.29, 0.717) is 26.4 Å². The molecule has 2 aromatic rings. The molecule has 6 heteroatoms. The second-order valence-electron chi connectivity index (χ2n) is 4.12. The smallest absolute Gasteiger partial charge is 0.307 e. The minimum absolute atomic E-state index is 0.371. The van der Waals surface area contributed by atoms with Gasteiger partial charge in [0.05, 0.1) is 10.7 Å². The van der Waals surface area contributed by atoms with Gasteiger partial charge in [0, 0.05) is 15.7 Å². The van der Waals surface area contributed by atoms with E-state index < -0.39 is 6.03 Å². The predicted octanol–water partition coefficient (Wildman–Crippen LogP) is 5.60. The van der Waals surface area contributed by atoms with Gasteiger partial charge < -0.3 is 10.6 Å². The zero-order chi connectivity index (χ0) is 14.7. The summed E-state index contributed by atoms with van der Waals surface area (Å²) in [4.78, 5) is 11.9. The topological polar surface area (TPSA) is 41.1 Å². The fourth-order valence-corrected chi connectivity index (χ4v) is 2.24. The van der Waals surface area contributed by atoms with E-state index in [9.17, 15) is 4.79 Å². The summed E-state index contributed by atoms with van der Waals surface area (Å²) in [5.41, 5.74) is 1.92. The molecule has 3 nitrogen and oxygen atoms in total. The van der Waals surface area contributed by atoms with E-state index >= 15 is 0 Å². The largest absolute Gasteiger partial charge is 0.323 e. The van der Waals surface area contributed by atoms with Crippen LogP contribution in [0.1, 0.15) is 5.56 Å². The lowest BCUT2D eigenvalue weighted by Crippen LogP contribution is -2.20. The fourth-order valence-electron chi connectivity index (χ4n) is 1.61. The van der Waals surface area contributed by atoms with E-state index in [1.165, 1.54) is 0 Å². The van der Waals surface area contributed by atoms with Gasteiger partial charge in [0.15, 0.2) is 0 Å². The molecule has 2 rings (SSSR count). The highest BCUT2D eigenvalue weighted by atomic mass is 35.5. The van der Waals surface area contributed by atoms with E-state index in [1.807, 2.05) is 6.92 Å². The van der Waals surface area contributed by atoms with Crippen LogP contribution in [-0.2, 0) is 0 Å². The van der Waals surface area contributed by atoms with Gasteiger partial charge in [-0.15, -0.1) is 0 Å². The normalized spacial score (nSPS) is 10.2. The number of carbonyl (C=O) groups is 1. The van der Waals surface area contributed by atoms with Crippen molar-refractivity contribution < 1.29 is 4.79 Å². The molecular formula is C14H11Cl3N2O. The fraction of sp³-hybridized carbons (Fsp3) is 0.0714. The van der Waals surface area contributed by atoms with Crippen LogP contribution in [0.4, 0.5) is 16.2 Å². The third-order valence-electron chi connectivity index (χ3n) is 2.70. The maximum atomic E-state index is 11.9. The third-order valence-corrected chi connectivity index (χ3v) is 3.65. The summed E-state index contributed by atoms with van der Waals surface area (Å²) < 4.78 is 0. The number of hydrogen-bond acceptors (Lipinski definition) is 1. The Labute approximate surface area is 131 Å². The van der Waals surface area contributed by atoms with Gasteiger partial charge in [-0.05, 0) is 42.8 Å². The van der Waals surface area contributed by atoms with Crippen LogP contribution in [0.2, 0.25) is 15.1 Å². The standard InChI is InChI=1S/C14H11Cl3N2O/c1-8-10(16)3-2-4-12(8)18-14(20)19-13-6-5-9(15)7-11(13)17/h2-7H,1H3,(H2,18,19,20). The lowest BCUT2D eigenvalue weighted by atomic mass is 10.2. The Morgan fingerprint density at radius 3 is 2.35 bits per heavy atom. The minimum Gasteiger partial charge on any atom is -0.307 e. The lowest BCUT2D eigenvalue weighted by Gasteiger charge is -2.11. The van der Waals surface area contributed by atoms with Crippen LogP contribution in [-0.4, -0.2) is 6.03 Å². The van der Waals surface area contributed by atoms with Crippen LogP contribution >= 0.6 is 34.8 Å². The molecule has 0 aliphatic rings. The van der Waals surface area contributed by atoms with Gasteiger partial charge in [0.1, 0.15) is 0 Å². The first-order valence-corrected chi connectivity index (χ1v) is 6.89. The van der Waals surface area contributed by atoms with Crippen molar-refractivity contribution in [3.8, 4) is 0 Å². The molecule has 0 aliphatic carbocycles. The highest BCUT2D eigenvalue weighted by Crippen LogP contribution is 2.26. The molecule has 0 bridgehead atoms. The van der Waals surface area contributed by atoms with Crippen LogP contribution in [0.25, 0.3) is 0 Å². The monoisotopic (exact) mass is 328 g/mol.